The number of nitrogens with two attached hydrogens (primary N) is 1. The Labute approximate surface area is 155 Å². The number of carbonyl (C=O) groups excluding carboxylic acids is 2. The predicted molar refractivity (Wildman–Crippen MR) is 101 cm³/mol. The fourth-order valence-corrected chi connectivity index (χ4v) is 4.52. The van der Waals surface area contributed by atoms with E-state index >= 15 is 0 Å². The second kappa shape index (κ2) is 7.03. The summed E-state index contributed by atoms with van der Waals surface area (Å²) in [7, 11) is 0. The molecule has 0 aromatic heterocycles. The van der Waals surface area contributed by atoms with Crippen molar-refractivity contribution in [2.24, 2.45) is 23.5 Å². The molecule has 0 radical (unpaired) electrons. The van der Waals surface area contributed by atoms with Crippen LogP contribution >= 0.6 is 0 Å². The van der Waals surface area contributed by atoms with Crippen LogP contribution in [0.25, 0.3) is 0 Å². The molecular formula is C21H29N3O2. The highest BCUT2D eigenvalue weighted by molar-refractivity contribution is 5.94. The van der Waals surface area contributed by atoms with Gasteiger partial charge < -0.3 is 15.5 Å². The van der Waals surface area contributed by atoms with Crippen LogP contribution in [0.4, 0.5) is 0 Å². The Morgan fingerprint density at radius 1 is 0.962 bits per heavy atom. The second-order valence-corrected chi connectivity index (χ2v) is 8.34. The molecule has 2 amide bonds. The minimum atomic E-state index is 0.0437. The van der Waals surface area contributed by atoms with Crippen LogP contribution in [0.2, 0.25) is 0 Å². The molecule has 26 heavy (non-hydrogen) atoms. The van der Waals surface area contributed by atoms with Crippen LogP contribution in [0.3, 0.4) is 0 Å². The molecule has 0 spiro atoms. The van der Waals surface area contributed by atoms with Crippen molar-refractivity contribution in [3.63, 3.8) is 0 Å². The molecule has 5 heteroatoms. The molecule has 4 rings (SSSR count). The van der Waals surface area contributed by atoms with Crippen molar-refractivity contribution in [3.05, 3.63) is 35.4 Å². The molecule has 2 saturated heterocycles. The first kappa shape index (κ1) is 17.5. The van der Waals surface area contributed by atoms with E-state index in [1.165, 1.54) is 12.8 Å². The van der Waals surface area contributed by atoms with Crippen LogP contribution in [0.5, 0.6) is 0 Å². The third kappa shape index (κ3) is 3.50. The van der Waals surface area contributed by atoms with Gasteiger partial charge >= 0.3 is 0 Å². The topological polar surface area (TPSA) is 66.6 Å². The average Bonchev–Trinajstić information content (AvgIpc) is 3.43. The Morgan fingerprint density at radius 3 is 2.23 bits per heavy atom. The first-order valence-electron chi connectivity index (χ1n) is 9.93. The highest BCUT2D eigenvalue weighted by atomic mass is 16.2. The van der Waals surface area contributed by atoms with E-state index in [-0.39, 0.29) is 23.8 Å². The standard InChI is InChI=1S/C21H29N3O2/c1-14-2-4-16(5-3-14)20(25)23-10-8-17(9-11-23)21(26)24-12-18(15-6-7-15)19(22)13-24/h2-5,15,17-19H,6-13,22H2,1H3/t18-,19+/m0/s1. The van der Waals surface area contributed by atoms with Crippen molar-refractivity contribution in [1.82, 2.24) is 9.80 Å². The number of aryl methyl sites for hydroxylation is 1. The molecule has 1 saturated carbocycles. The molecule has 2 atom stereocenters. The molecule has 2 N–H and O–H groups in total. The van der Waals surface area contributed by atoms with Crippen LogP contribution in [-0.2, 0) is 4.79 Å². The van der Waals surface area contributed by atoms with Gasteiger partial charge in [0.15, 0.2) is 0 Å². The van der Waals surface area contributed by atoms with Crippen LogP contribution in [0.1, 0.15) is 41.6 Å². The van der Waals surface area contributed by atoms with Gasteiger partial charge in [-0.3, -0.25) is 9.59 Å². The lowest BCUT2D eigenvalue weighted by molar-refractivity contribution is -0.136. The maximum atomic E-state index is 12.9. The first-order valence-corrected chi connectivity index (χ1v) is 9.93. The van der Waals surface area contributed by atoms with Gasteiger partial charge in [0, 0.05) is 43.7 Å². The smallest absolute Gasteiger partial charge is 0.253 e. The molecule has 1 aromatic carbocycles. The zero-order valence-corrected chi connectivity index (χ0v) is 15.6. The van der Waals surface area contributed by atoms with E-state index in [0.717, 1.165) is 36.4 Å². The highest BCUT2D eigenvalue weighted by Gasteiger charge is 2.43. The first-order chi connectivity index (χ1) is 12.5. The molecule has 1 aromatic rings. The van der Waals surface area contributed by atoms with Crippen LogP contribution < -0.4 is 5.73 Å². The third-order valence-electron chi connectivity index (χ3n) is 6.38. The lowest BCUT2D eigenvalue weighted by Gasteiger charge is -2.33. The molecule has 0 unspecified atom stereocenters. The molecule has 2 aliphatic heterocycles. The molecular weight excluding hydrogens is 326 g/mol. The van der Waals surface area contributed by atoms with Gasteiger partial charge in [0.2, 0.25) is 5.91 Å². The number of amides is 2. The number of nitrogens with zero attached hydrogens (tertiary/aromatic N) is 2. The SMILES string of the molecule is Cc1ccc(C(=O)N2CCC(C(=O)N3C[C@@H](N)[C@H](C4CC4)C3)CC2)cc1. The van der Waals surface area contributed by atoms with Gasteiger partial charge in [0.1, 0.15) is 0 Å². The molecule has 0 bridgehead atoms. The van der Waals surface area contributed by atoms with E-state index in [0.29, 0.717) is 25.6 Å². The van der Waals surface area contributed by atoms with Crippen molar-refractivity contribution in [2.75, 3.05) is 26.2 Å². The van der Waals surface area contributed by atoms with Crippen molar-refractivity contribution in [3.8, 4) is 0 Å². The highest BCUT2D eigenvalue weighted by Crippen LogP contribution is 2.41. The van der Waals surface area contributed by atoms with Crippen LogP contribution in [0.15, 0.2) is 24.3 Å². The van der Waals surface area contributed by atoms with Crippen molar-refractivity contribution in [1.29, 1.82) is 0 Å². The van der Waals surface area contributed by atoms with Gasteiger partial charge in [-0.1, -0.05) is 17.7 Å². The zero-order valence-electron chi connectivity index (χ0n) is 15.6. The Kier molecular flexibility index (Phi) is 4.74. The fourth-order valence-electron chi connectivity index (χ4n) is 4.52. The van der Waals surface area contributed by atoms with Crippen molar-refractivity contribution < 1.29 is 9.59 Å². The Hall–Kier alpha value is -1.88. The molecule has 3 fully saturated rings. The minimum Gasteiger partial charge on any atom is -0.341 e. The van der Waals surface area contributed by atoms with E-state index in [2.05, 4.69) is 0 Å². The predicted octanol–water partition coefficient (Wildman–Crippen LogP) is 2.04. The molecule has 3 aliphatic rings. The van der Waals surface area contributed by atoms with E-state index in [9.17, 15) is 9.59 Å². The third-order valence-corrected chi connectivity index (χ3v) is 6.38. The van der Waals surface area contributed by atoms with Gasteiger partial charge in [0.25, 0.3) is 5.91 Å². The van der Waals surface area contributed by atoms with Gasteiger partial charge in [-0.2, -0.15) is 0 Å². The van der Waals surface area contributed by atoms with Crippen LogP contribution in [-0.4, -0.2) is 53.8 Å². The molecule has 140 valence electrons. The van der Waals surface area contributed by atoms with Gasteiger partial charge in [0.05, 0.1) is 0 Å². The summed E-state index contributed by atoms with van der Waals surface area (Å²) in [5.74, 6) is 1.63. The number of likely N-dealkylation sites (tertiary alicyclic amines) is 2. The second-order valence-electron chi connectivity index (χ2n) is 8.34. The summed E-state index contributed by atoms with van der Waals surface area (Å²) >= 11 is 0. The van der Waals surface area contributed by atoms with Gasteiger partial charge in [-0.25, -0.2) is 0 Å². The van der Waals surface area contributed by atoms with Crippen LogP contribution in [0, 0.1) is 24.7 Å². The van der Waals surface area contributed by atoms with Gasteiger partial charge in [-0.15, -0.1) is 0 Å². The minimum absolute atomic E-state index is 0.0437. The van der Waals surface area contributed by atoms with Crippen molar-refractivity contribution in [2.45, 2.75) is 38.6 Å². The number of hydrogen-bond acceptors (Lipinski definition) is 3. The summed E-state index contributed by atoms with van der Waals surface area (Å²) in [6, 6.07) is 7.86. The van der Waals surface area contributed by atoms with E-state index in [1.54, 1.807) is 0 Å². The van der Waals surface area contributed by atoms with Crippen molar-refractivity contribution >= 4 is 11.8 Å². The average molecular weight is 355 g/mol. The summed E-state index contributed by atoms with van der Waals surface area (Å²) in [4.78, 5) is 29.4. The summed E-state index contributed by atoms with van der Waals surface area (Å²) in [6.45, 7) is 4.89. The Balaban J connectivity index is 1.31. The summed E-state index contributed by atoms with van der Waals surface area (Å²) in [5.41, 5.74) is 8.15. The lowest BCUT2D eigenvalue weighted by atomic mass is 9.94. The van der Waals surface area contributed by atoms with E-state index < -0.39 is 0 Å². The summed E-state index contributed by atoms with van der Waals surface area (Å²) < 4.78 is 0. The van der Waals surface area contributed by atoms with E-state index in [1.807, 2.05) is 41.0 Å². The molecule has 2 heterocycles. The fraction of sp³-hybridized carbons (Fsp3) is 0.619. The lowest BCUT2D eigenvalue weighted by Crippen LogP contribution is -2.44. The number of rotatable bonds is 3. The maximum Gasteiger partial charge on any atom is 0.253 e. The Bertz CT molecular complexity index is 675. The summed E-state index contributed by atoms with van der Waals surface area (Å²) in [6.07, 6.45) is 4.08. The molecule has 1 aliphatic carbocycles. The number of carbonyl (C=O) groups is 2. The molecule has 5 nitrogen and oxygen atoms in total. The Morgan fingerprint density at radius 2 is 1.62 bits per heavy atom. The zero-order chi connectivity index (χ0) is 18.3. The van der Waals surface area contributed by atoms with E-state index in [4.69, 9.17) is 5.73 Å². The summed E-state index contributed by atoms with van der Waals surface area (Å²) in [5, 5.41) is 0. The largest absolute Gasteiger partial charge is 0.341 e. The normalized spacial score (nSPS) is 27.0. The van der Waals surface area contributed by atoms with Gasteiger partial charge in [-0.05, 0) is 56.6 Å². The maximum absolute atomic E-state index is 12.9. The number of piperidine rings is 1. The number of benzene rings is 1. The monoisotopic (exact) mass is 355 g/mol. The number of hydrogen-bond donors (Lipinski definition) is 1. The quantitative estimate of drug-likeness (QED) is 0.902.